The van der Waals surface area contributed by atoms with Crippen LogP contribution < -0.4 is 5.73 Å². The first-order valence-corrected chi connectivity index (χ1v) is 6.30. The molecule has 18 heavy (non-hydrogen) atoms. The number of rotatable bonds is 3. The number of hydrogen-bond donors (Lipinski definition) is 2. The van der Waals surface area contributed by atoms with E-state index in [0.717, 1.165) is 18.5 Å². The van der Waals surface area contributed by atoms with E-state index in [0.29, 0.717) is 29.2 Å². The van der Waals surface area contributed by atoms with Gasteiger partial charge in [0, 0.05) is 12.6 Å². The van der Waals surface area contributed by atoms with Crippen LogP contribution in [0.15, 0.2) is 12.7 Å². The number of aliphatic hydroxyl groups is 1. The van der Waals surface area contributed by atoms with Crippen molar-refractivity contribution in [2.45, 2.75) is 25.8 Å². The number of imidazole rings is 1. The quantitative estimate of drug-likeness (QED) is 0.844. The fourth-order valence-electron chi connectivity index (χ4n) is 3.03. The highest BCUT2D eigenvalue weighted by Gasteiger charge is 2.41. The number of nitrogens with zero attached hydrogens (tertiary/aromatic N) is 4. The van der Waals surface area contributed by atoms with Crippen molar-refractivity contribution in [3.8, 4) is 0 Å². The van der Waals surface area contributed by atoms with Gasteiger partial charge in [-0.1, -0.05) is 13.3 Å². The molecule has 6 nitrogen and oxygen atoms in total. The summed E-state index contributed by atoms with van der Waals surface area (Å²) < 4.78 is 2.08. The van der Waals surface area contributed by atoms with Crippen LogP contribution in [-0.4, -0.2) is 31.2 Å². The summed E-state index contributed by atoms with van der Waals surface area (Å²) in [6, 6.07) is 0.367. The number of nitrogen functional groups attached to an aromatic ring is 1. The molecule has 0 aromatic carbocycles. The second-order valence-corrected chi connectivity index (χ2v) is 4.90. The Morgan fingerprint density at radius 3 is 3.00 bits per heavy atom. The third kappa shape index (κ3) is 1.49. The minimum atomic E-state index is 0.263. The maximum atomic E-state index is 9.29. The first-order chi connectivity index (χ1) is 8.76. The SMILES string of the molecule is CC[C@@H]1[C@@H](CO)C[C@H]1n1cnc2c(N)ncnc21. The molecule has 1 aliphatic rings. The molecule has 2 aromatic heterocycles. The predicted octanol–water partition coefficient (Wildman–Crippen LogP) is 0.988. The van der Waals surface area contributed by atoms with Crippen molar-refractivity contribution in [3.63, 3.8) is 0 Å². The summed E-state index contributed by atoms with van der Waals surface area (Å²) in [5, 5.41) is 9.29. The molecule has 0 unspecified atom stereocenters. The van der Waals surface area contributed by atoms with Crippen LogP contribution in [0.25, 0.3) is 11.2 Å². The average molecular weight is 247 g/mol. The highest BCUT2D eigenvalue weighted by atomic mass is 16.3. The molecule has 96 valence electrons. The Morgan fingerprint density at radius 2 is 2.28 bits per heavy atom. The zero-order valence-electron chi connectivity index (χ0n) is 10.3. The summed E-state index contributed by atoms with van der Waals surface area (Å²) in [7, 11) is 0. The highest BCUT2D eigenvalue weighted by molar-refractivity contribution is 5.81. The maximum absolute atomic E-state index is 9.29. The van der Waals surface area contributed by atoms with E-state index < -0.39 is 0 Å². The largest absolute Gasteiger partial charge is 0.396 e. The van der Waals surface area contributed by atoms with Gasteiger partial charge in [-0.25, -0.2) is 15.0 Å². The van der Waals surface area contributed by atoms with Gasteiger partial charge in [0.15, 0.2) is 11.5 Å². The van der Waals surface area contributed by atoms with Crippen LogP contribution in [-0.2, 0) is 0 Å². The molecular weight excluding hydrogens is 230 g/mol. The van der Waals surface area contributed by atoms with E-state index in [4.69, 9.17) is 5.73 Å². The van der Waals surface area contributed by atoms with Crippen LogP contribution >= 0.6 is 0 Å². The number of hydrogen-bond acceptors (Lipinski definition) is 5. The van der Waals surface area contributed by atoms with Crippen LogP contribution in [0.5, 0.6) is 0 Å². The minimum Gasteiger partial charge on any atom is -0.396 e. The normalized spacial score (nSPS) is 27.3. The number of anilines is 1. The molecule has 1 saturated carbocycles. The number of aromatic nitrogens is 4. The standard InChI is InChI=1S/C12H17N5O/c1-2-8-7(4-18)3-9(8)17-6-16-10-11(13)14-5-15-12(10)17/h5-9,18H,2-4H2,1H3,(H2,13,14,15)/t7-,8-,9-/m1/s1. The molecule has 2 heterocycles. The lowest BCUT2D eigenvalue weighted by molar-refractivity contribution is 0.0293. The Labute approximate surface area is 105 Å². The topological polar surface area (TPSA) is 89.8 Å². The van der Waals surface area contributed by atoms with Crippen molar-refractivity contribution in [1.82, 2.24) is 19.5 Å². The van der Waals surface area contributed by atoms with Gasteiger partial charge in [-0.2, -0.15) is 0 Å². The van der Waals surface area contributed by atoms with E-state index in [2.05, 4.69) is 26.4 Å². The molecule has 0 radical (unpaired) electrons. The molecule has 0 amide bonds. The lowest BCUT2D eigenvalue weighted by atomic mass is 9.68. The Hall–Kier alpha value is -1.69. The third-order valence-corrected chi connectivity index (χ3v) is 4.09. The molecule has 0 bridgehead atoms. The number of fused-ring (bicyclic) bond motifs is 1. The molecule has 2 aromatic rings. The van der Waals surface area contributed by atoms with Gasteiger partial charge in [0.05, 0.1) is 6.33 Å². The van der Waals surface area contributed by atoms with Gasteiger partial charge in [-0.3, -0.25) is 0 Å². The Bertz CT molecular complexity index is 567. The summed E-state index contributed by atoms with van der Waals surface area (Å²) >= 11 is 0. The Morgan fingerprint density at radius 1 is 1.44 bits per heavy atom. The Balaban J connectivity index is 1.99. The molecule has 3 N–H and O–H groups in total. The molecule has 0 spiro atoms. The number of nitrogens with two attached hydrogens (primary N) is 1. The van der Waals surface area contributed by atoms with Crippen molar-refractivity contribution in [2.75, 3.05) is 12.3 Å². The summed E-state index contributed by atoms with van der Waals surface area (Å²) in [5.41, 5.74) is 7.24. The van der Waals surface area contributed by atoms with E-state index in [1.165, 1.54) is 6.33 Å². The smallest absolute Gasteiger partial charge is 0.165 e. The van der Waals surface area contributed by atoms with Crippen molar-refractivity contribution >= 4 is 17.0 Å². The summed E-state index contributed by atoms with van der Waals surface area (Å²) in [4.78, 5) is 12.5. The van der Waals surface area contributed by atoms with Crippen LogP contribution in [0, 0.1) is 11.8 Å². The van der Waals surface area contributed by atoms with Gasteiger partial charge in [-0.05, 0) is 18.3 Å². The first-order valence-electron chi connectivity index (χ1n) is 6.30. The fourth-order valence-corrected chi connectivity index (χ4v) is 3.03. The van der Waals surface area contributed by atoms with Crippen LogP contribution in [0.1, 0.15) is 25.8 Å². The molecule has 3 rings (SSSR count). The molecular formula is C12H17N5O. The van der Waals surface area contributed by atoms with Gasteiger partial charge >= 0.3 is 0 Å². The van der Waals surface area contributed by atoms with Crippen LogP contribution in [0.2, 0.25) is 0 Å². The lowest BCUT2D eigenvalue weighted by Crippen LogP contribution is -2.39. The van der Waals surface area contributed by atoms with E-state index in [1.807, 2.05) is 0 Å². The summed E-state index contributed by atoms with van der Waals surface area (Å²) in [6.07, 6.45) is 5.29. The summed E-state index contributed by atoms with van der Waals surface area (Å²) in [5.74, 6) is 1.31. The molecule has 0 aliphatic heterocycles. The van der Waals surface area contributed by atoms with Crippen molar-refractivity contribution < 1.29 is 5.11 Å². The van der Waals surface area contributed by atoms with Crippen LogP contribution in [0.3, 0.4) is 0 Å². The van der Waals surface area contributed by atoms with E-state index in [-0.39, 0.29) is 6.61 Å². The summed E-state index contributed by atoms with van der Waals surface area (Å²) in [6.45, 7) is 2.42. The molecule has 1 fully saturated rings. The van der Waals surface area contributed by atoms with Crippen LogP contribution in [0.4, 0.5) is 5.82 Å². The third-order valence-electron chi connectivity index (χ3n) is 4.09. The van der Waals surface area contributed by atoms with E-state index >= 15 is 0 Å². The van der Waals surface area contributed by atoms with Crippen molar-refractivity contribution in [1.29, 1.82) is 0 Å². The zero-order valence-corrected chi connectivity index (χ0v) is 10.3. The monoisotopic (exact) mass is 247 g/mol. The van der Waals surface area contributed by atoms with Crippen molar-refractivity contribution in [2.24, 2.45) is 11.8 Å². The first kappa shape index (κ1) is 11.4. The molecule has 1 aliphatic carbocycles. The molecule has 3 atom stereocenters. The fraction of sp³-hybridized carbons (Fsp3) is 0.583. The lowest BCUT2D eigenvalue weighted by Gasteiger charge is -2.44. The predicted molar refractivity (Wildman–Crippen MR) is 67.7 cm³/mol. The van der Waals surface area contributed by atoms with Gasteiger partial charge < -0.3 is 15.4 Å². The minimum absolute atomic E-state index is 0.263. The van der Waals surface area contributed by atoms with Gasteiger partial charge in [0.25, 0.3) is 0 Å². The second kappa shape index (κ2) is 4.20. The number of aliphatic hydroxyl groups excluding tert-OH is 1. The zero-order chi connectivity index (χ0) is 12.7. The van der Waals surface area contributed by atoms with E-state index in [9.17, 15) is 5.11 Å². The molecule has 6 heteroatoms. The molecule has 0 saturated heterocycles. The van der Waals surface area contributed by atoms with Crippen molar-refractivity contribution in [3.05, 3.63) is 12.7 Å². The van der Waals surface area contributed by atoms with Gasteiger partial charge in [0.2, 0.25) is 0 Å². The average Bonchev–Trinajstić information content (AvgIpc) is 2.75. The maximum Gasteiger partial charge on any atom is 0.165 e. The highest BCUT2D eigenvalue weighted by Crippen LogP contribution is 2.46. The Kier molecular flexibility index (Phi) is 2.66. The van der Waals surface area contributed by atoms with E-state index in [1.54, 1.807) is 6.33 Å². The van der Waals surface area contributed by atoms with Gasteiger partial charge in [-0.15, -0.1) is 0 Å². The second-order valence-electron chi connectivity index (χ2n) is 4.90. The van der Waals surface area contributed by atoms with Gasteiger partial charge in [0.1, 0.15) is 11.8 Å².